The van der Waals surface area contributed by atoms with Crippen LogP contribution in [0.5, 0.6) is 0 Å². The first kappa shape index (κ1) is 17.9. The number of halogens is 3. The van der Waals surface area contributed by atoms with E-state index < -0.39 is 11.7 Å². The van der Waals surface area contributed by atoms with Gasteiger partial charge in [-0.2, -0.15) is 13.2 Å². The van der Waals surface area contributed by atoms with Gasteiger partial charge in [-0.1, -0.05) is 30.3 Å². The van der Waals surface area contributed by atoms with E-state index >= 15 is 0 Å². The van der Waals surface area contributed by atoms with Gasteiger partial charge in [-0.15, -0.1) is 0 Å². The van der Waals surface area contributed by atoms with Gasteiger partial charge in [0.15, 0.2) is 0 Å². The number of carbonyl (C=O) groups excluding carboxylic acids is 1. The molecule has 6 heteroatoms. The number of nitrogens with one attached hydrogen (secondary N) is 1. The van der Waals surface area contributed by atoms with Crippen LogP contribution in [0.15, 0.2) is 54.7 Å². The molecule has 0 saturated carbocycles. The molecular weight excluding hydrogens is 341 g/mol. The second-order valence-corrected chi connectivity index (χ2v) is 6.11. The van der Waals surface area contributed by atoms with Gasteiger partial charge in [0.2, 0.25) is 5.91 Å². The lowest BCUT2D eigenvalue weighted by molar-refractivity contribution is -0.137. The molecule has 3 nitrogen and oxygen atoms in total. The fraction of sp³-hybridized carbons (Fsp3) is 0.200. The molecule has 3 aromatic rings. The van der Waals surface area contributed by atoms with E-state index in [1.807, 2.05) is 31.2 Å². The Hall–Kier alpha value is -2.89. The molecule has 1 amide bonds. The van der Waals surface area contributed by atoms with Gasteiger partial charge in [0.25, 0.3) is 0 Å². The van der Waals surface area contributed by atoms with Crippen LogP contribution in [-0.2, 0) is 23.9 Å². The van der Waals surface area contributed by atoms with Gasteiger partial charge in [-0.25, -0.2) is 0 Å². The van der Waals surface area contributed by atoms with E-state index in [1.54, 1.807) is 6.20 Å². The number of hydrogen-bond acceptors (Lipinski definition) is 2. The fourth-order valence-electron chi connectivity index (χ4n) is 2.74. The van der Waals surface area contributed by atoms with E-state index in [9.17, 15) is 18.0 Å². The number of rotatable bonds is 4. The topological polar surface area (TPSA) is 42.0 Å². The highest BCUT2D eigenvalue weighted by molar-refractivity contribution is 5.90. The summed E-state index contributed by atoms with van der Waals surface area (Å²) in [6, 6.07) is 12.4. The van der Waals surface area contributed by atoms with Crippen molar-refractivity contribution < 1.29 is 18.0 Å². The predicted molar refractivity (Wildman–Crippen MR) is 93.5 cm³/mol. The van der Waals surface area contributed by atoms with Crippen LogP contribution in [0, 0.1) is 6.92 Å². The Balaban J connectivity index is 1.65. The molecule has 0 atom stereocenters. The Bertz CT molecular complexity index is 934. The molecular formula is C20H17F3N2O. The number of amides is 1. The van der Waals surface area contributed by atoms with Crippen LogP contribution < -0.4 is 5.32 Å². The highest BCUT2D eigenvalue weighted by Crippen LogP contribution is 2.29. The van der Waals surface area contributed by atoms with Crippen molar-refractivity contribution in [1.82, 2.24) is 10.3 Å². The van der Waals surface area contributed by atoms with E-state index in [1.165, 1.54) is 12.1 Å². The molecule has 3 rings (SSSR count). The molecule has 0 saturated heterocycles. The maximum Gasteiger partial charge on any atom is 0.416 e. The number of fused-ring (bicyclic) bond motifs is 1. The average molecular weight is 358 g/mol. The number of aromatic nitrogens is 1. The first-order valence-corrected chi connectivity index (χ1v) is 8.10. The van der Waals surface area contributed by atoms with Crippen LogP contribution in [-0.4, -0.2) is 10.9 Å². The molecule has 0 spiro atoms. The quantitative estimate of drug-likeness (QED) is 0.750. The third-order valence-electron chi connectivity index (χ3n) is 4.11. The van der Waals surface area contributed by atoms with Crippen LogP contribution in [0.3, 0.4) is 0 Å². The molecule has 0 aliphatic carbocycles. The van der Waals surface area contributed by atoms with Crippen LogP contribution in [0.25, 0.3) is 10.8 Å². The summed E-state index contributed by atoms with van der Waals surface area (Å²) in [5.74, 6) is -0.188. The van der Waals surface area contributed by atoms with Crippen LogP contribution in [0.1, 0.15) is 22.4 Å². The van der Waals surface area contributed by atoms with Crippen molar-refractivity contribution in [3.8, 4) is 0 Å². The lowest BCUT2D eigenvalue weighted by Gasteiger charge is -2.10. The fourth-order valence-corrected chi connectivity index (χ4v) is 2.74. The van der Waals surface area contributed by atoms with Crippen LogP contribution in [0.2, 0.25) is 0 Å². The van der Waals surface area contributed by atoms with Crippen molar-refractivity contribution in [2.75, 3.05) is 0 Å². The zero-order chi connectivity index (χ0) is 18.7. The van der Waals surface area contributed by atoms with Gasteiger partial charge in [-0.05, 0) is 41.6 Å². The Morgan fingerprint density at radius 2 is 1.85 bits per heavy atom. The number of hydrogen-bond donors (Lipinski definition) is 1. The Kier molecular flexibility index (Phi) is 4.93. The molecule has 0 unspecified atom stereocenters. The summed E-state index contributed by atoms with van der Waals surface area (Å²) in [6.07, 6.45) is -2.39. The van der Waals surface area contributed by atoms with E-state index in [2.05, 4.69) is 10.3 Å². The van der Waals surface area contributed by atoms with Crippen molar-refractivity contribution >= 4 is 16.7 Å². The first-order valence-electron chi connectivity index (χ1n) is 8.10. The van der Waals surface area contributed by atoms with Gasteiger partial charge in [0, 0.05) is 23.8 Å². The molecule has 2 aromatic carbocycles. The molecule has 134 valence electrons. The van der Waals surface area contributed by atoms with Crippen molar-refractivity contribution in [2.24, 2.45) is 0 Å². The average Bonchev–Trinajstić information content (AvgIpc) is 2.60. The number of alkyl halides is 3. The first-order chi connectivity index (χ1) is 12.3. The largest absolute Gasteiger partial charge is 0.416 e. The number of aryl methyl sites for hydroxylation is 1. The zero-order valence-electron chi connectivity index (χ0n) is 14.1. The van der Waals surface area contributed by atoms with Crippen molar-refractivity contribution in [3.63, 3.8) is 0 Å². The molecule has 1 N–H and O–H groups in total. The predicted octanol–water partition coefficient (Wildman–Crippen LogP) is 4.42. The van der Waals surface area contributed by atoms with Gasteiger partial charge >= 0.3 is 6.18 Å². The third-order valence-corrected chi connectivity index (χ3v) is 4.11. The second-order valence-electron chi connectivity index (χ2n) is 6.11. The molecule has 0 aliphatic heterocycles. The lowest BCUT2D eigenvalue weighted by atomic mass is 10.0. The second kappa shape index (κ2) is 7.15. The van der Waals surface area contributed by atoms with Crippen LogP contribution in [0.4, 0.5) is 13.2 Å². The normalized spacial score (nSPS) is 11.5. The number of carbonyl (C=O) groups is 1. The summed E-state index contributed by atoms with van der Waals surface area (Å²) in [5.41, 5.74) is 1.67. The van der Waals surface area contributed by atoms with E-state index in [4.69, 9.17) is 0 Å². The number of pyridine rings is 1. The summed E-state index contributed by atoms with van der Waals surface area (Å²) >= 11 is 0. The molecule has 1 aromatic heterocycles. The SMILES string of the molecule is Cc1cc2c(CC(=O)NCc3ccc(C(F)(F)F)cc3)cccc2cn1. The van der Waals surface area contributed by atoms with Gasteiger partial charge < -0.3 is 5.32 Å². The van der Waals surface area contributed by atoms with Crippen molar-refractivity contribution in [3.05, 3.63) is 77.1 Å². The summed E-state index contributed by atoms with van der Waals surface area (Å²) < 4.78 is 37.7. The Morgan fingerprint density at radius 3 is 2.54 bits per heavy atom. The molecule has 0 radical (unpaired) electrons. The minimum atomic E-state index is -4.36. The van der Waals surface area contributed by atoms with Gasteiger partial charge in [0.05, 0.1) is 12.0 Å². The molecule has 0 bridgehead atoms. The monoisotopic (exact) mass is 358 g/mol. The lowest BCUT2D eigenvalue weighted by Crippen LogP contribution is -2.24. The molecule has 0 aliphatic rings. The maximum atomic E-state index is 12.6. The summed E-state index contributed by atoms with van der Waals surface area (Å²) in [7, 11) is 0. The summed E-state index contributed by atoms with van der Waals surface area (Å²) in [5, 5.41) is 4.69. The van der Waals surface area contributed by atoms with Crippen LogP contribution >= 0.6 is 0 Å². The minimum absolute atomic E-state index is 0.183. The Morgan fingerprint density at radius 1 is 1.12 bits per heavy atom. The maximum absolute atomic E-state index is 12.6. The molecule has 1 heterocycles. The number of nitrogens with zero attached hydrogens (tertiary/aromatic N) is 1. The summed E-state index contributed by atoms with van der Waals surface area (Å²) in [4.78, 5) is 16.5. The Labute approximate surface area is 148 Å². The summed E-state index contributed by atoms with van der Waals surface area (Å²) in [6.45, 7) is 2.07. The smallest absolute Gasteiger partial charge is 0.352 e. The van der Waals surface area contributed by atoms with Crippen molar-refractivity contribution in [2.45, 2.75) is 26.1 Å². The zero-order valence-corrected chi connectivity index (χ0v) is 14.1. The van der Waals surface area contributed by atoms with Crippen molar-refractivity contribution in [1.29, 1.82) is 0 Å². The minimum Gasteiger partial charge on any atom is -0.352 e. The number of benzene rings is 2. The highest BCUT2D eigenvalue weighted by Gasteiger charge is 2.29. The van der Waals surface area contributed by atoms with E-state index in [-0.39, 0.29) is 18.9 Å². The third kappa shape index (κ3) is 4.20. The molecule has 0 fully saturated rings. The van der Waals surface area contributed by atoms with Gasteiger partial charge in [0.1, 0.15) is 0 Å². The van der Waals surface area contributed by atoms with E-state index in [0.717, 1.165) is 34.2 Å². The molecule has 26 heavy (non-hydrogen) atoms. The highest BCUT2D eigenvalue weighted by atomic mass is 19.4. The van der Waals surface area contributed by atoms with E-state index in [0.29, 0.717) is 5.56 Å². The van der Waals surface area contributed by atoms with Gasteiger partial charge in [-0.3, -0.25) is 9.78 Å². The standard InChI is InChI=1S/C20H17F3N2O/c1-13-9-18-15(3-2-4-16(18)12-24-13)10-19(26)25-11-14-5-7-17(8-6-14)20(21,22)23/h2-9,12H,10-11H2,1H3,(H,25,26).